The summed E-state index contributed by atoms with van der Waals surface area (Å²) in [5.41, 5.74) is 2.09. The number of aromatic nitrogens is 2. The van der Waals surface area contributed by atoms with Gasteiger partial charge in [0.2, 0.25) is 11.9 Å². The number of nitrogens with one attached hydrogen (secondary N) is 1. The predicted molar refractivity (Wildman–Crippen MR) is 137 cm³/mol. The van der Waals surface area contributed by atoms with Gasteiger partial charge in [0.15, 0.2) is 5.82 Å². The number of rotatable bonds is 6. The molecule has 34 heavy (non-hydrogen) atoms. The molecule has 5 rings (SSSR count). The van der Waals surface area contributed by atoms with Crippen molar-refractivity contribution in [1.82, 2.24) is 15.3 Å². The number of nitrogens with zero attached hydrogens (tertiary/aromatic N) is 5. The van der Waals surface area contributed by atoms with Gasteiger partial charge in [-0.05, 0) is 37.1 Å². The first kappa shape index (κ1) is 23.4. The van der Waals surface area contributed by atoms with Crippen LogP contribution in [0, 0.1) is 0 Å². The van der Waals surface area contributed by atoms with E-state index in [2.05, 4.69) is 32.1 Å². The molecular weight excluding hydrogens is 472 g/mol. The van der Waals surface area contributed by atoms with Gasteiger partial charge in [0.1, 0.15) is 4.90 Å². The molecule has 1 amide bonds. The first-order valence-electron chi connectivity index (χ1n) is 12.1. The monoisotopic (exact) mass is 502 g/mol. The highest BCUT2D eigenvalue weighted by Crippen LogP contribution is 2.36. The minimum atomic E-state index is -1.07. The van der Waals surface area contributed by atoms with Crippen molar-refractivity contribution in [3.8, 4) is 0 Å². The fraction of sp³-hybridized carbons (Fsp3) is 0.542. The Kier molecular flexibility index (Phi) is 6.92. The summed E-state index contributed by atoms with van der Waals surface area (Å²) in [7, 11) is -1.07. The summed E-state index contributed by atoms with van der Waals surface area (Å²) >= 11 is 6.04. The van der Waals surface area contributed by atoms with Crippen molar-refractivity contribution in [2.45, 2.75) is 43.5 Å². The van der Waals surface area contributed by atoms with E-state index in [4.69, 9.17) is 21.6 Å². The molecule has 1 aromatic carbocycles. The molecule has 8 nitrogen and oxygen atoms in total. The molecule has 0 aliphatic carbocycles. The number of amides is 1. The van der Waals surface area contributed by atoms with Gasteiger partial charge in [0.25, 0.3) is 0 Å². The van der Waals surface area contributed by atoms with Gasteiger partial charge in [-0.1, -0.05) is 18.5 Å². The third kappa shape index (κ3) is 4.73. The summed E-state index contributed by atoms with van der Waals surface area (Å²) in [6, 6.07) is 8.13. The van der Waals surface area contributed by atoms with Gasteiger partial charge < -0.3 is 20.0 Å². The quantitative estimate of drug-likeness (QED) is 0.650. The molecule has 2 atom stereocenters. The topological polar surface area (TPSA) is 81.7 Å². The first-order chi connectivity index (χ1) is 16.5. The van der Waals surface area contributed by atoms with Gasteiger partial charge in [-0.2, -0.15) is 4.98 Å². The average molecular weight is 503 g/mol. The summed E-state index contributed by atoms with van der Waals surface area (Å²) in [6.45, 7) is 6.70. The van der Waals surface area contributed by atoms with Crippen LogP contribution in [0.1, 0.15) is 31.9 Å². The highest BCUT2D eigenvalue weighted by atomic mass is 35.5. The third-order valence-corrected chi connectivity index (χ3v) is 8.62. The lowest BCUT2D eigenvalue weighted by Crippen LogP contribution is -2.47. The Morgan fingerprint density at radius 2 is 1.85 bits per heavy atom. The van der Waals surface area contributed by atoms with E-state index in [1.807, 2.05) is 19.1 Å². The van der Waals surface area contributed by atoms with E-state index in [0.717, 1.165) is 79.4 Å². The Bertz CT molecular complexity index is 1070. The van der Waals surface area contributed by atoms with Crippen LogP contribution in [0.5, 0.6) is 0 Å². The summed E-state index contributed by atoms with van der Waals surface area (Å²) in [5, 5.41) is 3.77. The summed E-state index contributed by atoms with van der Waals surface area (Å²) in [4.78, 5) is 29.4. The van der Waals surface area contributed by atoms with Crippen molar-refractivity contribution in [2.24, 2.45) is 0 Å². The average Bonchev–Trinajstić information content (AvgIpc) is 3.49. The molecule has 0 radical (unpaired) electrons. The van der Waals surface area contributed by atoms with Gasteiger partial charge in [-0.3, -0.25) is 9.00 Å². The molecule has 2 fully saturated rings. The minimum absolute atomic E-state index is 0.0580. The SMILES string of the molecule is CCC(=O)NC[C@@H]1CCCN1c1nc(N2CCN(c3ccc(Cl)cc3)CC2)nc2c1S(=O)CC2. The van der Waals surface area contributed by atoms with E-state index >= 15 is 0 Å². The van der Waals surface area contributed by atoms with E-state index in [1.54, 1.807) is 0 Å². The van der Waals surface area contributed by atoms with Crippen molar-refractivity contribution in [1.29, 1.82) is 0 Å². The largest absolute Gasteiger partial charge is 0.368 e. The van der Waals surface area contributed by atoms with Gasteiger partial charge in [0, 0.05) is 74.6 Å². The minimum Gasteiger partial charge on any atom is -0.368 e. The fourth-order valence-corrected chi connectivity index (χ4v) is 6.49. The molecule has 4 heterocycles. The van der Waals surface area contributed by atoms with Crippen LogP contribution in [0.3, 0.4) is 0 Å². The molecule has 0 saturated carbocycles. The zero-order valence-corrected chi connectivity index (χ0v) is 21.1. The Morgan fingerprint density at radius 3 is 2.59 bits per heavy atom. The molecule has 3 aliphatic heterocycles. The highest BCUT2D eigenvalue weighted by molar-refractivity contribution is 7.85. The lowest BCUT2D eigenvalue weighted by Gasteiger charge is -2.37. The number of carbonyl (C=O) groups is 1. The molecule has 0 bridgehead atoms. The summed E-state index contributed by atoms with van der Waals surface area (Å²) in [6.07, 6.45) is 3.23. The number of carbonyl (C=O) groups excluding carboxylic acids is 1. The summed E-state index contributed by atoms with van der Waals surface area (Å²) in [5.74, 6) is 2.20. The normalized spacial score (nSPS) is 22.2. The van der Waals surface area contributed by atoms with Crippen molar-refractivity contribution in [3.05, 3.63) is 35.0 Å². The van der Waals surface area contributed by atoms with Crippen LogP contribution in [0.4, 0.5) is 17.5 Å². The van der Waals surface area contributed by atoms with Crippen LogP contribution in [0.15, 0.2) is 29.2 Å². The van der Waals surface area contributed by atoms with Crippen LogP contribution in [-0.2, 0) is 22.0 Å². The van der Waals surface area contributed by atoms with Crippen LogP contribution < -0.4 is 20.0 Å². The predicted octanol–water partition coefficient (Wildman–Crippen LogP) is 2.62. The highest BCUT2D eigenvalue weighted by Gasteiger charge is 2.35. The second kappa shape index (κ2) is 10.1. The molecule has 182 valence electrons. The number of benzene rings is 1. The van der Waals surface area contributed by atoms with E-state index in [1.165, 1.54) is 5.69 Å². The zero-order valence-electron chi connectivity index (χ0n) is 19.5. The smallest absolute Gasteiger partial charge is 0.227 e. The van der Waals surface area contributed by atoms with Gasteiger partial charge in [-0.15, -0.1) is 0 Å². The van der Waals surface area contributed by atoms with Crippen molar-refractivity contribution >= 4 is 45.8 Å². The summed E-state index contributed by atoms with van der Waals surface area (Å²) < 4.78 is 12.9. The third-order valence-electron chi connectivity index (χ3n) is 6.92. The number of hydrogen-bond acceptors (Lipinski definition) is 7. The zero-order chi connectivity index (χ0) is 23.7. The molecule has 2 saturated heterocycles. The van der Waals surface area contributed by atoms with E-state index in [-0.39, 0.29) is 11.9 Å². The Morgan fingerprint density at radius 1 is 1.12 bits per heavy atom. The van der Waals surface area contributed by atoms with Gasteiger partial charge >= 0.3 is 0 Å². The maximum atomic E-state index is 12.9. The van der Waals surface area contributed by atoms with Crippen LogP contribution in [0.25, 0.3) is 0 Å². The Balaban J connectivity index is 1.36. The van der Waals surface area contributed by atoms with Crippen LogP contribution >= 0.6 is 11.6 Å². The molecule has 1 N–H and O–H groups in total. The lowest BCUT2D eigenvalue weighted by atomic mass is 10.2. The first-order valence-corrected chi connectivity index (χ1v) is 13.8. The van der Waals surface area contributed by atoms with Gasteiger partial charge in [-0.25, -0.2) is 4.98 Å². The Hall–Kier alpha value is -2.39. The van der Waals surface area contributed by atoms with Gasteiger partial charge in [0.05, 0.1) is 16.5 Å². The lowest BCUT2D eigenvalue weighted by molar-refractivity contribution is -0.120. The molecule has 2 aromatic rings. The number of fused-ring (bicyclic) bond motifs is 1. The van der Waals surface area contributed by atoms with E-state index in [9.17, 15) is 9.00 Å². The fourth-order valence-electron chi connectivity index (χ4n) is 5.00. The molecule has 10 heteroatoms. The number of piperazine rings is 1. The second-order valence-electron chi connectivity index (χ2n) is 9.02. The van der Waals surface area contributed by atoms with Crippen molar-refractivity contribution in [3.63, 3.8) is 0 Å². The van der Waals surface area contributed by atoms with Crippen LogP contribution in [-0.4, -0.2) is 71.1 Å². The van der Waals surface area contributed by atoms with E-state index < -0.39 is 10.8 Å². The molecule has 3 aliphatic rings. The maximum absolute atomic E-state index is 12.9. The van der Waals surface area contributed by atoms with Crippen molar-refractivity contribution < 1.29 is 9.00 Å². The number of halogens is 1. The Labute approximate surface area is 208 Å². The molecular formula is C24H31ClN6O2S. The second-order valence-corrected chi connectivity index (χ2v) is 11.0. The van der Waals surface area contributed by atoms with Crippen LogP contribution in [0.2, 0.25) is 5.02 Å². The van der Waals surface area contributed by atoms with Crippen molar-refractivity contribution in [2.75, 3.05) is 59.7 Å². The number of anilines is 3. The molecule has 0 spiro atoms. The maximum Gasteiger partial charge on any atom is 0.227 e. The van der Waals surface area contributed by atoms with E-state index in [0.29, 0.717) is 18.7 Å². The molecule has 1 aromatic heterocycles. The molecule has 1 unspecified atom stereocenters. The number of hydrogen-bond donors (Lipinski definition) is 1. The standard InChI is InChI=1S/C24H31ClN6O2S/c1-2-21(32)26-16-19-4-3-10-31(19)23-22-20(9-15-34(22)33)27-24(28-23)30-13-11-29(12-14-30)18-7-5-17(25)6-8-18/h5-8,19H,2-4,9-16H2,1H3,(H,26,32)/t19-,34?/m0/s1. The number of aryl methyl sites for hydroxylation is 1.